The molecule has 7 heteroatoms. The molecule has 3 aromatic heterocycles. The van der Waals surface area contributed by atoms with Crippen LogP contribution in [0.4, 0.5) is 4.39 Å². The van der Waals surface area contributed by atoms with Crippen LogP contribution in [0.15, 0.2) is 77.3 Å². The van der Waals surface area contributed by atoms with Crippen LogP contribution in [0.2, 0.25) is 0 Å². The first kappa shape index (κ1) is 21.6. The SMILES string of the molecule is Cc1ccc(Cc2nc3c(Cc4ccccc4F)nc(-c4ccccc4)cn3c2CC(=O)O)o1. The number of aromatic nitrogens is 3. The van der Waals surface area contributed by atoms with E-state index in [4.69, 9.17) is 14.4 Å². The van der Waals surface area contributed by atoms with E-state index in [0.29, 0.717) is 46.2 Å². The highest BCUT2D eigenvalue weighted by Crippen LogP contribution is 2.26. The van der Waals surface area contributed by atoms with Crippen LogP contribution in [0.1, 0.15) is 34.2 Å². The van der Waals surface area contributed by atoms with Gasteiger partial charge in [0.25, 0.3) is 0 Å². The first-order valence-electron chi connectivity index (χ1n) is 10.9. The molecular formula is C27H22FN3O3. The Bertz CT molecular complexity index is 1490. The fourth-order valence-electron chi connectivity index (χ4n) is 4.11. The molecule has 0 saturated carbocycles. The zero-order valence-corrected chi connectivity index (χ0v) is 18.5. The number of furan rings is 1. The average molecular weight is 455 g/mol. The molecule has 3 heterocycles. The van der Waals surface area contributed by atoms with Crippen molar-refractivity contribution in [3.8, 4) is 11.3 Å². The van der Waals surface area contributed by atoms with Gasteiger partial charge in [-0.1, -0.05) is 48.5 Å². The Morgan fingerprint density at radius 3 is 2.44 bits per heavy atom. The summed E-state index contributed by atoms with van der Waals surface area (Å²) in [6.45, 7) is 1.86. The first-order valence-corrected chi connectivity index (χ1v) is 10.9. The fourth-order valence-corrected chi connectivity index (χ4v) is 4.11. The Hall–Kier alpha value is -4.26. The number of nitrogens with zero attached hydrogens (tertiary/aromatic N) is 3. The molecule has 0 amide bonds. The van der Waals surface area contributed by atoms with Crippen LogP contribution in [-0.2, 0) is 24.1 Å². The van der Waals surface area contributed by atoms with Crippen LogP contribution < -0.4 is 0 Å². The summed E-state index contributed by atoms with van der Waals surface area (Å²) < 4.78 is 22.0. The second-order valence-corrected chi connectivity index (χ2v) is 8.17. The number of aryl methyl sites for hydroxylation is 1. The van der Waals surface area contributed by atoms with E-state index < -0.39 is 5.97 Å². The number of fused-ring (bicyclic) bond motifs is 1. The third-order valence-corrected chi connectivity index (χ3v) is 5.70. The number of hydrogen-bond acceptors (Lipinski definition) is 4. The number of carboxylic acids is 1. The van der Waals surface area contributed by atoms with Crippen molar-refractivity contribution in [2.45, 2.75) is 26.2 Å². The minimum absolute atomic E-state index is 0.215. The lowest BCUT2D eigenvalue weighted by molar-refractivity contribution is -0.136. The van der Waals surface area contributed by atoms with Gasteiger partial charge in [-0.25, -0.2) is 14.4 Å². The van der Waals surface area contributed by atoms with Gasteiger partial charge in [-0.05, 0) is 30.7 Å². The highest BCUT2D eigenvalue weighted by molar-refractivity contribution is 5.71. The summed E-state index contributed by atoms with van der Waals surface area (Å²) in [5.41, 5.74) is 4.25. The number of aliphatic carboxylic acids is 1. The van der Waals surface area contributed by atoms with Crippen molar-refractivity contribution in [2.75, 3.05) is 0 Å². The molecule has 5 aromatic rings. The zero-order chi connectivity index (χ0) is 23.7. The van der Waals surface area contributed by atoms with Gasteiger partial charge in [0.15, 0.2) is 5.65 Å². The summed E-state index contributed by atoms with van der Waals surface area (Å²) in [4.78, 5) is 21.4. The molecule has 1 N–H and O–H groups in total. The molecule has 6 nitrogen and oxygen atoms in total. The standard InChI is InChI=1S/C27H22FN3O3/c1-17-11-12-20(34-17)14-22-25(15-26(32)33)31-16-24(18-7-3-2-4-8-18)29-23(27(31)30-22)13-19-9-5-6-10-21(19)28/h2-12,16H,13-15H2,1H3,(H,32,33). The summed E-state index contributed by atoms with van der Waals surface area (Å²) in [6.07, 6.45) is 2.16. The molecule has 0 bridgehead atoms. The van der Waals surface area contributed by atoms with Crippen LogP contribution in [0.3, 0.4) is 0 Å². The zero-order valence-electron chi connectivity index (χ0n) is 18.5. The van der Waals surface area contributed by atoms with Gasteiger partial charge in [0.2, 0.25) is 0 Å². The molecule has 0 spiro atoms. The van der Waals surface area contributed by atoms with Gasteiger partial charge in [-0.3, -0.25) is 9.20 Å². The van der Waals surface area contributed by atoms with Crippen LogP contribution in [0, 0.1) is 12.7 Å². The molecular weight excluding hydrogens is 433 g/mol. The van der Waals surface area contributed by atoms with E-state index in [1.54, 1.807) is 28.8 Å². The maximum absolute atomic E-state index is 14.5. The van der Waals surface area contributed by atoms with Gasteiger partial charge >= 0.3 is 5.97 Å². The van der Waals surface area contributed by atoms with Gasteiger partial charge in [0.1, 0.15) is 17.3 Å². The van der Waals surface area contributed by atoms with E-state index in [1.807, 2.05) is 49.4 Å². The van der Waals surface area contributed by atoms with Gasteiger partial charge < -0.3 is 9.52 Å². The van der Waals surface area contributed by atoms with Crippen LogP contribution >= 0.6 is 0 Å². The van der Waals surface area contributed by atoms with Crippen molar-refractivity contribution < 1.29 is 18.7 Å². The molecule has 0 saturated heterocycles. The maximum atomic E-state index is 14.5. The lowest BCUT2D eigenvalue weighted by Crippen LogP contribution is -2.08. The fraction of sp³-hybridized carbons (Fsp3) is 0.148. The van der Waals surface area contributed by atoms with Crippen LogP contribution in [-0.4, -0.2) is 25.4 Å². The van der Waals surface area contributed by atoms with Crippen molar-refractivity contribution in [1.82, 2.24) is 14.4 Å². The second kappa shape index (κ2) is 8.94. The number of carbonyl (C=O) groups is 1. The second-order valence-electron chi connectivity index (χ2n) is 8.17. The number of carboxylic acid groups (broad SMARTS) is 1. The summed E-state index contributed by atoms with van der Waals surface area (Å²) in [5, 5.41) is 9.64. The lowest BCUT2D eigenvalue weighted by atomic mass is 10.1. The Labute approximate surface area is 195 Å². The highest BCUT2D eigenvalue weighted by atomic mass is 19.1. The van der Waals surface area contributed by atoms with E-state index in [9.17, 15) is 14.3 Å². The Kier molecular flexibility index (Phi) is 5.67. The normalized spacial score (nSPS) is 11.2. The molecule has 0 unspecified atom stereocenters. The van der Waals surface area contributed by atoms with Crippen molar-refractivity contribution >= 4 is 11.6 Å². The molecule has 5 rings (SSSR count). The van der Waals surface area contributed by atoms with Crippen molar-refractivity contribution in [3.63, 3.8) is 0 Å². The monoisotopic (exact) mass is 455 g/mol. The third kappa shape index (κ3) is 4.32. The van der Waals surface area contributed by atoms with E-state index in [1.165, 1.54) is 6.07 Å². The summed E-state index contributed by atoms with van der Waals surface area (Å²) in [5.74, 6) is 0.176. The summed E-state index contributed by atoms with van der Waals surface area (Å²) in [6, 6.07) is 19.9. The predicted octanol–water partition coefficient (Wildman–Crippen LogP) is 5.25. The number of imidazole rings is 1. The summed E-state index contributed by atoms with van der Waals surface area (Å²) >= 11 is 0. The Balaban J connectivity index is 1.72. The van der Waals surface area contributed by atoms with E-state index in [0.717, 1.165) is 11.3 Å². The molecule has 0 aliphatic carbocycles. The Morgan fingerprint density at radius 1 is 0.971 bits per heavy atom. The molecule has 0 radical (unpaired) electrons. The smallest absolute Gasteiger partial charge is 0.309 e. The van der Waals surface area contributed by atoms with Gasteiger partial charge in [-0.2, -0.15) is 0 Å². The van der Waals surface area contributed by atoms with Crippen LogP contribution in [0.25, 0.3) is 16.9 Å². The molecule has 0 aliphatic rings. The van der Waals surface area contributed by atoms with E-state index in [-0.39, 0.29) is 18.7 Å². The van der Waals surface area contributed by atoms with Crippen LogP contribution in [0.5, 0.6) is 0 Å². The molecule has 0 aliphatic heterocycles. The topological polar surface area (TPSA) is 80.6 Å². The quantitative estimate of drug-likeness (QED) is 0.363. The number of halogens is 1. The van der Waals surface area contributed by atoms with Gasteiger partial charge in [-0.15, -0.1) is 0 Å². The minimum atomic E-state index is -0.965. The molecule has 34 heavy (non-hydrogen) atoms. The largest absolute Gasteiger partial charge is 0.481 e. The van der Waals surface area contributed by atoms with E-state index in [2.05, 4.69) is 0 Å². The molecule has 0 fully saturated rings. The number of rotatable bonds is 7. The minimum Gasteiger partial charge on any atom is -0.481 e. The number of hydrogen-bond donors (Lipinski definition) is 1. The Morgan fingerprint density at radius 2 is 1.74 bits per heavy atom. The maximum Gasteiger partial charge on any atom is 0.309 e. The van der Waals surface area contributed by atoms with Crippen molar-refractivity contribution in [1.29, 1.82) is 0 Å². The molecule has 170 valence electrons. The predicted molar refractivity (Wildman–Crippen MR) is 125 cm³/mol. The molecule has 2 aromatic carbocycles. The van der Waals surface area contributed by atoms with Crippen molar-refractivity contribution in [3.05, 3.63) is 113 Å². The number of benzene rings is 2. The highest BCUT2D eigenvalue weighted by Gasteiger charge is 2.21. The average Bonchev–Trinajstić information content (AvgIpc) is 3.39. The van der Waals surface area contributed by atoms with Gasteiger partial charge in [0, 0.05) is 18.2 Å². The van der Waals surface area contributed by atoms with Crippen molar-refractivity contribution in [2.24, 2.45) is 0 Å². The third-order valence-electron chi connectivity index (χ3n) is 5.70. The summed E-state index contributed by atoms with van der Waals surface area (Å²) in [7, 11) is 0. The lowest BCUT2D eigenvalue weighted by Gasteiger charge is -2.10. The molecule has 0 atom stereocenters. The van der Waals surface area contributed by atoms with Gasteiger partial charge in [0.05, 0.1) is 35.6 Å². The van der Waals surface area contributed by atoms with E-state index >= 15 is 0 Å². The first-order chi connectivity index (χ1) is 16.5.